The number of hydrogen-bond donors (Lipinski definition) is 1. The van der Waals surface area contributed by atoms with Crippen molar-refractivity contribution in [1.82, 2.24) is 4.98 Å². The number of anilines is 1. The Labute approximate surface area is 152 Å². The summed E-state index contributed by atoms with van der Waals surface area (Å²) >= 11 is 1.29. The number of fused-ring (bicyclic) bond motifs is 1. The highest BCUT2D eigenvalue weighted by Gasteiger charge is 2.16. The third-order valence-corrected chi connectivity index (χ3v) is 4.70. The molecular weight excluding hydrogens is 358 g/mol. The van der Waals surface area contributed by atoms with Gasteiger partial charge in [0.15, 0.2) is 16.6 Å². The highest BCUT2D eigenvalue weighted by Crippen LogP contribution is 2.36. The van der Waals surface area contributed by atoms with Crippen LogP contribution in [0.4, 0.5) is 10.8 Å². The van der Waals surface area contributed by atoms with Crippen molar-refractivity contribution in [3.8, 4) is 11.5 Å². The number of thiazole rings is 1. The number of hydrogen-bond acceptors (Lipinski definition) is 7. The number of nitro benzene ring substituents is 1. The van der Waals surface area contributed by atoms with Gasteiger partial charge in [0.25, 0.3) is 11.6 Å². The maximum Gasteiger partial charge on any atom is 0.272 e. The Balaban J connectivity index is 1.87. The maximum absolute atomic E-state index is 12.4. The summed E-state index contributed by atoms with van der Waals surface area (Å²) in [5.41, 5.74) is 1.38. The molecule has 0 fully saturated rings. The molecule has 0 atom stereocenters. The minimum atomic E-state index is -0.481. The SMILES string of the molecule is COc1cc2nc(NC(=O)c3ccc([N+](=O)[O-])c(C)c3)sc2cc1OC. The number of aromatic nitrogens is 1. The van der Waals surface area contributed by atoms with Gasteiger partial charge in [-0.25, -0.2) is 4.98 Å². The van der Waals surface area contributed by atoms with Crippen molar-refractivity contribution in [2.75, 3.05) is 19.5 Å². The largest absolute Gasteiger partial charge is 0.493 e. The number of ether oxygens (including phenoxy) is 2. The zero-order valence-electron chi connectivity index (χ0n) is 14.2. The van der Waals surface area contributed by atoms with Crippen molar-refractivity contribution in [2.45, 2.75) is 6.92 Å². The van der Waals surface area contributed by atoms with E-state index < -0.39 is 4.92 Å². The van der Waals surface area contributed by atoms with Gasteiger partial charge in [-0.15, -0.1) is 0 Å². The number of carbonyl (C=O) groups excluding carboxylic acids is 1. The summed E-state index contributed by atoms with van der Waals surface area (Å²) in [6.45, 7) is 1.59. The van der Waals surface area contributed by atoms with E-state index in [1.54, 1.807) is 26.2 Å². The zero-order valence-corrected chi connectivity index (χ0v) is 15.0. The van der Waals surface area contributed by atoms with E-state index in [-0.39, 0.29) is 11.6 Å². The number of aryl methyl sites for hydroxylation is 1. The molecule has 0 aliphatic carbocycles. The van der Waals surface area contributed by atoms with Crippen LogP contribution in [-0.4, -0.2) is 30.0 Å². The number of benzene rings is 2. The Kier molecular flexibility index (Phi) is 4.72. The van der Waals surface area contributed by atoms with Crippen LogP contribution in [0.15, 0.2) is 30.3 Å². The van der Waals surface area contributed by atoms with Crippen LogP contribution in [-0.2, 0) is 0 Å². The second-order valence-corrected chi connectivity index (χ2v) is 6.44. The van der Waals surface area contributed by atoms with Gasteiger partial charge in [0.1, 0.15) is 0 Å². The highest BCUT2D eigenvalue weighted by molar-refractivity contribution is 7.22. The van der Waals surface area contributed by atoms with Crippen molar-refractivity contribution in [3.63, 3.8) is 0 Å². The lowest BCUT2D eigenvalue weighted by atomic mass is 10.1. The van der Waals surface area contributed by atoms with Gasteiger partial charge in [-0.1, -0.05) is 11.3 Å². The number of carbonyl (C=O) groups is 1. The van der Waals surface area contributed by atoms with Gasteiger partial charge in [0.2, 0.25) is 0 Å². The molecule has 0 radical (unpaired) electrons. The first-order chi connectivity index (χ1) is 12.4. The molecule has 9 heteroatoms. The standard InChI is InChI=1S/C17H15N3O5S/c1-9-6-10(4-5-12(9)20(22)23)16(21)19-17-18-11-7-13(24-2)14(25-3)8-15(11)26-17/h4-8H,1-3H3,(H,18,19,21). The molecule has 2 aromatic carbocycles. The van der Waals surface area contributed by atoms with E-state index in [9.17, 15) is 14.9 Å². The first-order valence-corrected chi connectivity index (χ1v) is 8.33. The summed E-state index contributed by atoms with van der Waals surface area (Å²) in [6, 6.07) is 7.73. The molecule has 0 aliphatic heterocycles. The Bertz CT molecular complexity index is 974. The molecule has 1 N–H and O–H groups in total. The number of rotatable bonds is 5. The third kappa shape index (κ3) is 3.29. The van der Waals surface area contributed by atoms with Crippen LogP contribution in [0.25, 0.3) is 10.2 Å². The van der Waals surface area contributed by atoms with Crippen LogP contribution in [0.3, 0.4) is 0 Å². The molecule has 26 heavy (non-hydrogen) atoms. The van der Waals surface area contributed by atoms with Crippen LogP contribution in [0, 0.1) is 17.0 Å². The minimum absolute atomic E-state index is 0.0271. The molecule has 1 amide bonds. The van der Waals surface area contributed by atoms with Gasteiger partial charge in [0.05, 0.1) is 29.4 Å². The molecule has 0 bridgehead atoms. The number of nitrogens with zero attached hydrogens (tertiary/aromatic N) is 2. The van der Waals surface area contributed by atoms with Crippen molar-refractivity contribution in [2.24, 2.45) is 0 Å². The van der Waals surface area contributed by atoms with Crippen LogP contribution >= 0.6 is 11.3 Å². The molecular formula is C17H15N3O5S. The van der Waals surface area contributed by atoms with E-state index in [4.69, 9.17) is 9.47 Å². The Morgan fingerprint density at radius 2 is 1.88 bits per heavy atom. The molecule has 3 aromatic rings. The summed E-state index contributed by atoms with van der Waals surface area (Å²) in [7, 11) is 3.08. The lowest BCUT2D eigenvalue weighted by Gasteiger charge is -2.05. The predicted molar refractivity (Wildman–Crippen MR) is 98.5 cm³/mol. The van der Waals surface area contributed by atoms with E-state index in [1.807, 2.05) is 0 Å². The first kappa shape index (κ1) is 17.6. The molecule has 0 saturated carbocycles. The fraction of sp³-hybridized carbons (Fsp3) is 0.176. The van der Waals surface area contributed by atoms with Crippen molar-refractivity contribution in [3.05, 3.63) is 51.6 Å². The van der Waals surface area contributed by atoms with Crippen LogP contribution < -0.4 is 14.8 Å². The number of methoxy groups -OCH3 is 2. The Hall–Kier alpha value is -3.20. The maximum atomic E-state index is 12.4. The normalized spacial score (nSPS) is 10.6. The Morgan fingerprint density at radius 1 is 1.19 bits per heavy atom. The molecule has 1 aromatic heterocycles. The third-order valence-electron chi connectivity index (χ3n) is 3.77. The van der Waals surface area contributed by atoms with E-state index in [0.29, 0.717) is 33.3 Å². The van der Waals surface area contributed by atoms with Gasteiger partial charge < -0.3 is 9.47 Å². The van der Waals surface area contributed by atoms with Gasteiger partial charge in [-0.2, -0.15) is 0 Å². The first-order valence-electron chi connectivity index (χ1n) is 7.52. The Morgan fingerprint density at radius 3 is 2.50 bits per heavy atom. The second kappa shape index (κ2) is 6.96. The van der Waals surface area contributed by atoms with E-state index >= 15 is 0 Å². The zero-order chi connectivity index (χ0) is 18.8. The summed E-state index contributed by atoms with van der Waals surface area (Å²) in [4.78, 5) is 27.2. The molecule has 0 spiro atoms. The van der Waals surface area contributed by atoms with Gasteiger partial charge in [-0.05, 0) is 19.1 Å². The van der Waals surface area contributed by atoms with Gasteiger partial charge in [-0.3, -0.25) is 20.2 Å². The van der Waals surface area contributed by atoms with Crippen LogP contribution in [0.2, 0.25) is 0 Å². The number of amides is 1. The lowest BCUT2D eigenvalue weighted by Crippen LogP contribution is -2.12. The summed E-state index contributed by atoms with van der Waals surface area (Å²) in [5, 5.41) is 14.0. The van der Waals surface area contributed by atoms with Crippen molar-refractivity contribution in [1.29, 1.82) is 0 Å². The average Bonchev–Trinajstić information content (AvgIpc) is 3.00. The summed E-state index contributed by atoms with van der Waals surface area (Å²) in [5.74, 6) is 0.739. The number of nitrogens with one attached hydrogen (secondary N) is 1. The van der Waals surface area contributed by atoms with E-state index in [0.717, 1.165) is 4.70 Å². The highest BCUT2D eigenvalue weighted by atomic mass is 32.1. The van der Waals surface area contributed by atoms with Crippen molar-refractivity contribution >= 4 is 38.3 Å². The second-order valence-electron chi connectivity index (χ2n) is 5.41. The molecule has 1 heterocycles. The lowest BCUT2D eigenvalue weighted by molar-refractivity contribution is -0.385. The quantitative estimate of drug-likeness (QED) is 0.539. The molecule has 0 unspecified atom stereocenters. The van der Waals surface area contributed by atoms with Crippen LogP contribution in [0.1, 0.15) is 15.9 Å². The predicted octanol–water partition coefficient (Wildman–Crippen LogP) is 3.78. The van der Waals surface area contributed by atoms with E-state index in [1.165, 1.54) is 36.6 Å². The van der Waals surface area contributed by atoms with E-state index in [2.05, 4.69) is 10.3 Å². The fourth-order valence-electron chi connectivity index (χ4n) is 2.48. The van der Waals surface area contributed by atoms with Gasteiger partial charge in [0, 0.05) is 29.3 Å². The summed E-state index contributed by atoms with van der Waals surface area (Å²) < 4.78 is 11.3. The fourth-order valence-corrected chi connectivity index (χ4v) is 3.35. The van der Waals surface area contributed by atoms with Crippen molar-refractivity contribution < 1.29 is 19.2 Å². The molecule has 0 saturated heterocycles. The molecule has 134 valence electrons. The van der Waals surface area contributed by atoms with Gasteiger partial charge >= 0.3 is 0 Å². The van der Waals surface area contributed by atoms with Crippen LogP contribution in [0.5, 0.6) is 11.5 Å². The monoisotopic (exact) mass is 373 g/mol. The molecule has 8 nitrogen and oxygen atoms in total. The number of nitro groups is 1. The molecule has 3 rings (SSSR count). The minimum Gasteiger partial charge on any atom is -0.493 e. The summed E-state index contributed by atoms with van der Waals surface area (Å²) in [6.07, 6.45) is 0. The topological polar surface area (TPSA) is 104 Å². The average molecular weight is 373 g/mol. The smallest absolute Gasteiger partial charge is 0.272 e. The molecule has 0 aliphatic rings.